The lowest BCUT2D eigenvalue weighted by molar-refractivity contribution is 0.559. The van der Waals surface area contributed by atoms with Gasteiger partial charge < -0.3 is 5.32 Å². The SMILES string of the molecule is CCNCC(CCc1cc(F)ccc1C)c1ccccc1. The zero-order valence-corrected chi connectivity index (χ0v) is 12.9. The first-order valence-electron chi connectivity index (χ1n) is 7.71. The Morgan fingerprint density at radius 3 is 2.57 bits per heavy atom. The van der Waals surface area contributed by atoms with E-state index in [9.17, 15) is 4.39 Å². The van der Waals surface area contributed by atoms with Crippen molar-refractivity contribution in [3.63, 3.8) is 0 Å². The Hall–Kier alpha value is -1.67. The molecule has 2 heteroatoms. The number of nitrogens with one attached hydrogen (secondary N) is 1. The van der Waals surface area contributed by atoms with Gasteiger partial charge in [-0.2, -0.15) is 0 Å². The summed E-state index contributed by atoms with van der Waals surface area (Å²) in [6.07, 6.45) is 1.94. The summed E-state index contributed by atoms with van der Waals surface area (Å²) in [6, 6.07) is 15.7. The maximum Gasteiger partial charge on any atom is 0.123 e. The van der Waals surface area contributed by atoms with Crippen LogP contribution < -0.4 is 5.32 Å². The summed E-state index contributed by atoms with van der Waals surface area (Å²) in [6.45, 7) is 6.12. The summed E-state index contributed by atoms with van der Waals surface area (Å²) in [5, 5.41) is 3.44. The fraction of sp³-hybridized carbons (Fsp3) is 0.368. The molecule has 0 heterocycles. The number of hydrogen-bond acceptors (Lipinski definition) is 1. The number of aryl methyl sites for hydroxylation is 2. The van der Waals surface area contributed by atoms with Gasteiger partial charge in [-0.05, 0) is 61.1 Å². The maximum absolute atomic E-state index is 13.4. The minimum atomic E-state index is -0.140. The highest BCUT2D eigenvalue weighted by atomic mass is 19.1. The second-order valence-electron chi connectivity index (χ2n) is 5.52. The van der Waals surface area contributed by atoms with Crippen LogP contribution in [0.5, 0.6) is 0 Å². The summed E-state index contributed by atoms with van der Waals surface area (Å²) in [7, 11) is 0. The molecule has 1 nitrogen and oxygen atoms in total. The van der Waals surface area contributed by atoms with Crippen molar-refractivity contribution in [1.82, 2.24) is 5.32 Å². The molecule has 0 saturated carbocycles. The molecule has 21 heavy (non-hydrogen) atoms. The predicted octanol–water partition coefficient (Wildman–Crippen LogP) is 4.46. The van der Waals surface area contributed by atoms with Crippen LogP contribution in [0.2, 0.25) is 0 Å². The van der Waals surface area contributed by atoms with E-state index in [1.54, 1.807) is 6.07 Å². The van der Waals surface area contributed by atoms with Crippen molar-refractivity contribution in [3.05, 3.63) is 71.0 Å². The van der Waals surface area contributed by atoms with Crippen LogP contribution in [0.1, 0.15) is 36.0 Å². The van der Waals surface area contributed by atoms with Crippen molar-refractivity contribution < 1.29 is 4.39 Å². The van der Waals surface area contributed by atoms with E-state index in [-0.39, 0.29) is 5.82 Å². The first-order chi connectivity index (χ1) is 10.2. The highest BCUT2D eigenvalue weighted by Crippen LogP contribution is 2.22. The van der Waals surface area contributed by atoms with Crippen LogP contribution >= 0.6 is 0 Å². The largest absolute Gasteiger partial charge is 0.316 e. The first kappa shape index (κ1) is 15.7. The number of halogens is 1. The van der Waals surface area contributed by atoms with E-state index in [0.717, 1.165) is 31.5 Å². The molecule has 0 aliphatic rings. The Balaban J connectivity index is 2.07. The third-order valence-electron chi connectivity index (χ3n) is 3.99. The lowest BCUT2D eigenvalue weighted by atomic mass is 9.91. The van der Waals surface area contributed by atoms with E-state index >= 15 is 0 Å². The van der Waals surface area contributed by atoms with Crippen LogP contribution in [0.4, 0.5) is 4.39 Å². The second kappa shape index (κ2) is 7.94. The lowest BCUT2D eigenvalue weighted by Gasteiger charge is -2.18. The zero-order valence-electron chi connectivity index (χ0n) is 12.9. The van der Waals surface area contributed by atoms with Crippen molar-refractivity contribution in [2.24, 2.45) is 0 Å². The van der Waals surface area contributed by atoms with Crippen LogP contribution in [-0.4, -0.2) is 13.1 Å². The monoisotopic (exact) mass is 285 g/mol. The van der Waals surface area contributed by atoms with Crippen LogP contribution in [0.15, 0.2) is 48.5 Å². The molecule has 0 saturated heterocycles. The summed E-state index contributed by atoms with van der Waals surface area (Å²) in [4.78, 5) is 0. The third kappa shape index (κ3) is 4.68. The molecule has 0 aliphatic carbocycles. The molecule has 2 rings (SSSR count). The zero-order chi connectivity index (χ0) is 15.1. The van der Waals surface area contributed by atoms with Gasteiger partial charge in [0.25, 0.3) is 0 Å². The molecule has 1 unspecified atom stereocenters. The lowest BCUT2D eigenvalue weighted by Crippen LogP contribution is -2.21. The van der Waals surface area contributed by atoms with Gasteiger partial charge in [-0.15, -0.1) is 0 Å². The Morgan fingerprint density at radius 1 is 1.10 bits per heavy atom. The van der Waals surface area contributed by atoms with Crippen molar-refractivity contribution in [1.29, 1.82) is 0 Å². The van der Waals surface area contributed by atoms with E-state index < -0.39 is 0 Å². The molecule has 2 aromatic rings. The van der Waals surface area contributed by atoms with E-state index in [1.165, 1.54) is 17.2 Å². The molecular weight excluding hydrogens is 261 g/mol. The van der Waals surface area contributed by atoms with Crippen molar-refractivity contribution >= 4 is 0 Å². The van der Waals surface area contributed by atoms with Crippen molar-refractivity contribution in [3.8, 4) is 0 Å². The van der Waals surface area contributed by atoms with Crippen molar-refractivity contribution in [2.75, 3.05) is 13.1 Å². The molecule has 1 atom stereocenters. The number of benzene rings is 2. The Labute approximate surface area is 127 Å². The van der Waals surface area contributed by atoms with Gasteiger partial charge in [0.15, 0.2) is 0 Å². The second-order valence-corrected chi connectivity index (χ2v) is 5.52. The molecule has 0 amide bonds. The number of likely N-dealkylation sites (N-methyl/N-ethyl adjacent to an activating group) is 1. The van der Waals surface area contributed by atoms with E-state index in [0.29, 0.717) is 5.92 Å². The summed E-state index contributed by atoms with van der Waals surface area (Å²) >= 11 is 0. The molecule has 0 aliphatic heterocycles. The van der Waals surface area contributed by atoms with E-state index in [1.807, 2.05) is 12.1 Å². The van der Waals surface area contributed by atoms with E-state index in [2.05, 4.69) is 43.4 Å². The van der Waals surface area contributed by atoms with Gasteiger partial charge in [0.05, 0.1) is 0 Å². The summed E-state index contributed by atoms with van der Waals surface area (Å²) < 4.78 is 13.4. The summed E-state index contributed by atoms with van der Waals surface area (Å²) in [5.74, 6) is 0.326. The van der Waals surface area contributed by atoms with Gasteiger partial charge >= 0.3 is 0 Å². The fourth-order valence-corrected chi connectivity index (χ4v) is 2.67. The van der Waals surface area contributed by atoms with Crippen LogP contribution in [-0.2, 0) is 6.42 Å². The highest BCUT2D eigenvalue weighted by Gasteiger charge is 2.12. The predicted molar refractivity (Wildman–Crippen MR) is 87.2 cm³/mol. The topological polar surface area (TPSA) is 12.0 Å². The fourth-order valence-electron chi connectivity index (χ4n) is 2.67. The van der Waals surface area contributed by atoms with Gasteiger partial charge in [-0.1, -0.05) is 43.3 Å². The van der Waals surface area contributed by atoms with Crippen LogP contribution in [0.25, 0.3) is 0 Å². The minimum Gasteiger partial charge on any atom is -0.316 e. The molecule has 0 fully saturated rings. The molecular formula is C19H24FN. The highest BCUT2D eigenvalue weighted by molar-refractivity contribution is 5.27. The molecule has 0 radical (unpaired) electrons. The van der Waals surface area contributed by atoms with Gasteiger partial charge in [0.1, 0.15) is 5.82 Å². The molecule has 0 bridgehead atoms. The molecule has 2 aromatic carbocycles. The minimum absolute atomic E-state index is 0.140. The molecule has 1 N–H and O–H groups in total. The Bertz CT molecular complexity index is 551. The van der Waals surface area contributed by atoms with E-state index in [4.69, 9.17) is 0 Å². The molecule has 0 aromatic heterocycles. The quantitative estimate of drug-likeness (QED) is 0.792. The van der Waals surface area contributed by atoms with Crippen molar-refractivity contribution in [2.45, 2.75) is 32.6 Å². The van der Waals surface area contributed by atoms with Crippen LogP contribution in [0.3, 0.4) is 0 Å². The normalized spacial score (nSPS) is 12.3. The maximum atomic E-state index is 13.4. The average Bonchev–Trinajstić information content (AvgIpc) is 2.51. The number of rotatable bonds is 7. The Kier molecular flexibility index (Phi) is 5.94. The van der Waals surface area contributed by atoms with Gasteiger partial charge in [0, 0.05) is 6.54 Å². The Morgan fingerprint density at radius 2 is 1.86 bits per heavy atom. The van der Waals surface area contributed by atoms with Gasteiger partial charge in [-0.3, -0.25) is 0 Å². The smallest absolute Gasteiger partial charge is 0.123 e. The first-order valence-corrected chi connectivity index (χ1v) is 7.71. The third-order valence-corrected chi connectivity index (χ3v) is 3.99. The summed E-state index contributed by atoms with van der Waals surface area (Å²) in [5.41, 5.74) is 3.64. The standard InChI is InChI=1S/C19H24FN/c1-3-21-14-18(16-7-5-4-6-8-16)11-10-17-13-19(20)12-9-15(17)2/h4-9,12-13,18,21H,3,10-11,14H2,1-2H3. The van der Waals surface area contributed by atoms with Gasteiger partial charge in [-0.25, -0.2) is 4.39 Å². The molecule has 112 valence electrons. The average molecular weight is 285 g/mol. The van der Waals surface area contributed by atoms with Crippen LogP contribution in [0, 0.1) is 12.7 Å². The molecule has 0 spiro atoms. The number of hydrogen-bond donors (Lipinski definition) is 1. The van der Waals surface area contributed by atoms with Gasteiger partial charge in [0.2, 0.25) is 0 Å².